The van der Waals surface area contributed by atoms with Gasteiger partial charge in [0.15, 0.2) is 17.8 Å². The van der Waals surface area contributed by atoms with Gasteiger partial charge >= 0.3 is 0 Å². The zero-order valence-corrected chi connectivity index (χ0v) is 11.8. The first-order valence-electron chi connectivity index (χ1n) is 7.04. The van der Waals surface area contributed by atoms with Crippen molar-refractivity contribution in [2.75, 3.05) is 13.7 Å². The van der Waals surface area contributed by atoms with Crippen molar-refractivity contribution in [3.05, 3.63) is 23.6 Å². The third-order valence-corrected chi connectivity index (χ3v) is 3.76. The maximum atomic E-state index is 14.0. The summed E-state index contributed by atoms with van der Waals surface area (Å²) in [6.07, 6.45) is 3.70. The van der Waals surface area contributed by atoms with Crippen molar-refractivity contribution in [3.8, 4) is 5.75 Å². The lowest BCUT2D eigenvalue weighted by Crippen LogP contribution is -2.19. The summed E-state index contributed by atoms with van der Waals surface area (Å²) >= 11 is 0. The molecule has 1 saturated heterocycles. The number of carbonyl (C=O) groups excluding carboxylic acids is 1. The van der Waals surface area contributed by atoms with Gasteiger partial charge in [0.25, 0.3) is 0 Å². The summed E-state index contributed by atoms with van der Waals surface area (Å²) in [5, 5.41) is 5.19. The Morgan fingerprint density at radius 1 is 1.52 bits per heavy atom. The van der Waals surface area contributed by atoms with Gasteiger partial charge in [-0.15, -0.1) is 0 Å². The SMILES string of the molecule is COc1cc2c(CC=O)nn(C3CCCCO3)c2cc1F. The van der Waals surface area contributed by atoms with E-state index in [1.807, 2.05) is 0 Å². The van der Waals surface area contributed by atoms with E-state index in [-0.39, 0.29) is 18.4 Å². The van der Waals surface area contributed by atoms with Crippen LogP contribution in [0, 0.1) is 5.82 Å². The highest BCUT2D eigenvalue weighted by atomic mass is 19.1. The number of rotatable bonds is 4. The van der Waals surface area contributed by atoms with E-state index in [0.29, 0.717) is 17.8 Å². The smallest absolute Gasteiger partial charge is 0.167 e. The fourth-order valence-corrected chi connectivity index (χ4v) is 2.72. The Morgan fingerprint density at radius 3 is 3.05 bits per heavy atom. The van der Waals surface area contributed by atoms with Gasteiger partial charge in [-0.3, -0.25) is 0 Å². The predicted octanol–water partition coefficient (Wildman–Crippen LogP) is 2.62. The number of halogens is 1. The number of carbonyl (C=O) groups is 1. The Bertz CT molecular complexity index is 662. The molecule has 112 valence electrons. The Labute approximate surface area is 121 Å². The Morgan fingerprint density at radius 2 is 2.38 bits per heavy atom. The van der Waals surface area contributed by atoms with Crippen LogP contribution in [0.15, 0.2) is 12.1 Å². The highest BCUT2D eigenvalue weighted by Gasteiger charge is 2.22. The zero-order valence-electron chi connectivity index (χ0n) is 11.8. The minimum Gasteiger partial charge on any atom is -0.494 e. The van der Waals surface area contributed by atoms with Crippen molar-refractivity contribution < 1.29 is 18.7 Å². The van der Waals surface area contributed by atoms with Gasteiger partial charge in [-0.1, -0.05) is 0 Å². The van der Waals surface area contributed by atoms with Gasteiger partial charge in [0.1, 0.15) is 6.29 Å². The van der Waals surface area contributed by atoms with Gasteiger partial charge < -0.3 is 14.3 Å². The molecule has 1 unspecified atom stereocenters. The standard InChI is InChI=1S/C15H17FN2O3/c1-20-14-8-10-12(5-6-19)17-18(13(10)9-11(14)16)15-4-2-3-7-21-15/h6,8-9,15H,2-5,7H2,1H3. The summed E-state index contributed by atoms with van der Waals surface area (Å²) in [5.74, 6) is -0.293. The van der Waals surface area contributed by atoms with Crippen LogP contribution in [0.2, 0.25) is 0 Å². The van der Waals surface area contributed by atoms with Gasteiger partial charge in [-0.2, -0.15) is 5.10 Å². The third-order valence-electron chi connectivity index (χ3n) is 3.76. The van der Waals surface area contributed by atoms with E-state index in [2.05, 4.69) is 5.10 Å². The van der Waals surface area contributed by atoms with Crippen molar-refractivity contribution in [2.45, 2.75) is 31.9 Å². The average Bonchev–Trinajstić information content (AvgIpc) is 2.85. The van der Waals surface area contributed by atoms with E-state index in [1.54, 1.807) is 10.7 Å². The summed E-state index contributed by atoms with van der Waals surface area (Å²) in [6.45, 7) is 0.674. The van der Waals surface area contributed by atoms with Gasteiger partial charge in [0.2, 0.25) is 0 Å². The van der Waals surface area contributed by atoms with Crippen LogP contribution < -0.4 is 4.74 Å². The maximum Gasteiger partial charge on any atom is 0.167 e. The average molecular weight is 292 g/mol. The van der Waals surface area contributed by atoms with Crippen molar-refractivity contribution in [1.82, 2.24) is 9.78 Å². The molecule has 0 bridgehead atoms. The molecule has 0 spiro atoms. The molecule has 2 aromatic rings. The highest BCUT2D eigenvalue weighted by molar-refractivity contribution is 5.85. The predicted molar refractivity (Wildman–Crippen MR) is 74.9 cm³/mol. The third kappa shape index (κ3) is 2.51. The molecule has 2 heterocycles. The molecule has 1 atom stereocenters. The number of ether oxygens (including phenoxy) is 2. The largest absolute Gasteiger partial charge is 0.494 e. The molecule has 3 rings (SSSR count). The number of methoxy groups -OCH3 is 1. The monoisotopic (exact) mass is 292 g/mol. The lowest BCUT2D eigenvalue weighted by Gasteiger charge is -2.23. The quantitative estimate of drug-likeness (QED) is 0.813. The molecule has 0 aliphatic carbocycles. The van der Waals surface area contributed by atoms with Crippen LogP contribution in [-0.2, 0) is 16.0 Å². The summed E-state index contributed by atoms with van der Waals surface area (Å²) in [7, 11) is 1.41. The molecule has 0 amide bonds. The summed E-state index contributed by atoms with van der Waals surface area (Å²) in [5.41, 5.74) is 1.25. The van der Waals surface area contributed by atoms with Crippen molar-refractivity contribution in [3.63, 3.8) is 0 Å². The normalized spacial score (nSPS) is 18.9. The number of fused-ring (bicyclic) bond motifs is 1. The molecule has 1 aliphatic heterocycles. The van der Waals surface area contributed by atoms with Crippen LogP contribution in [0.3, 0.4) is 0 Å². The Kier molecular flexibility index (Phi) is 3.88. The second kappa shape index (κ2) is 5.81. The van der Waals surface area contributed by atoms with E-state index >= 15 is 0 Å². The first kappa shape index (κ1) is 14.0. The van der Waals surface area contributed by atoms with Crippen LogP contribution in [0.1, 0.15) is 31.2 Å². The van der Waals surface area contributed by atoms with Gasteiger partial charge in [0, 0.05) is 24.5 Å². The van der Waals surface area contributed by atoms with E-state index in [4.69, 9.17) is 9.47 Å². The van der Waals surface area contributed by atoms with E-state index < -0.39 is 5.82 Å². The Balaban J connectivity index is 2.14. The number of aromatic nitrogens is 2. The molecule has 0 radical (unpaired) electrons. The molecule has 1 aromatic heterocycles. The molecule has 1 aromatic carbocycles. The molecular formula is C15H17FN2O3. The van der Waals surface area contributed by atoms with Gasteiger partial charge in [-0.05, 0) is 25.3 Å². The van der Waals surface area contributed by atoms with E-state index in [9.17, 15) is 9.18 Å². The first-order chi connectivity index (χ1) is 10.2. The van der Waals surface area contributed by atoms with E-state index in [0.717, 1.165) is 30.9 Å². The number of nitrogens with zero attached hydrogens (tertiary/aromatic N) is 2. The lowest BCUT2D eigenvalue weighted by molar-refractivity contribution is -0.107. The lowest BCUT2D eigenvalue weighted by atomic mass is 10.1. The van der Waals surface area contributed by atoms with Crippen LogP contribution in [0.4, 0.5) is 4.39 Å². The summed E-state index contributed by atoms with van der Waals surface area (Å²) in [6, 6.07) is 2.99. The molecule has 1 aliphatic rings. The van der Waals surface area contributed by atoms with Crippen molar-refractivity contribution in [1.29, 1.82) is 0 Å². The van der Waals surface area contributed by atoms with Crippen LogP contribution in [0.5, 0.6) is 5.75 Å². The minimum atomic E-state index is -0.445. The molecule has 0 saturated carbocycles. The topological polar surface area (TPSA) is 53.3 Å². The molecule has 21 heavy (non-hydrogen) atoms. The minimum absolute atomic E-state index is 0.152. The molecule has 1 fully saturated rings. The first-order valence-corrected chi connectivity index (χ1v) is 7.04. The number of hydrogen-bond acceptors (Lipinski definition) is 4. The van der Waals surface area contributed by atoms with Crippen LogP contribution in [0.25, 0.3) is 10.9 Å². The molecule has 5 nitrogen and oxygen atoms in total. The van der Waals surface area contributed by atoms with Gasteiger partial charge in [0.05, 0.1) is 18.3 Å². The van der Waals surface area contributed by atoms with Crippen molar-refractivity contribution in [2.24, 2.45) is 0 Å². The zero-order chi connectivity index (χ0) is 14.8. The number of aldehydes is 1. The molecule has 6 heteroatoms. The Hall–Kier alpha value is -1.95. The second-order valence-electron chi connectivity index (χ2n) is 5.09. The summed E-state index contributed by atoms with van der Waals surface area (Å²) < 4.78 is 26.4. The summed E-state index contributed by atoms with van der Waals surface area (Å²) in [4.78, 5) is 10.8. The number of benzene rings is 1. The van der Waals surface area contributed by atoms with Gasteiger partial charge in [-0.25, -0.2) is 9.07 Å². The molecule has 0 N–H and O–H groups in total. The van der Waals surface area contributed by atoms with E-state index in [1.165, 1.54) is 13.2 Å². The van der Waals surface area contributed by atoms with Crippen molar-refractivity contribution >= 4 is 17.2 Å². The van der Waals surface area contributed by atoms with Crippen LogP contribution in [-0.4, -0.2) is 29.8 Å². The molecular weight excluding hydrogens is 275 g/mol. The fourth-order valence-electron chi connectivity index (χ4n) is 2.72. The number of hydrogen-bond donors (Lipinski definition) is 0. The highest BCUT2D eigenvalue weighted by Crippen LogP contribution is 2.31. The maximum absolute atomic E-state index is 14.0. The fraction of sp³-hybridized carbons (Fsp3) is 0.467. The second-order valence-corrected chi connectivity index (χ2v) is 5.09. The van der Waals surface area contributed by atoms with Crippen LogP contribution >= 0.6 is 0 Å².